The number of aromatic nitrogens is 1. The predicted octanol–water partition coefficient (Wildman–Crippen LogP) is 9.33. The van der Waals surface area contributed by atoms with Crippen LogP contribution in [0.15, 0.2) is 103 Å². The first-order chi connectivity index (χ1) is 25.3. The summed E-state index contributed by atoms with van der Waals surface area (Å²) in [5.41, 5.74) is 11.6. The van der Waals surface area contributed by atoms with Gasteiger partial charge in [0.05, 0.1) is 23.1 Å². The van der Waals surface area contributed by atoms with Crippen molar-refractivity contribution >= 4 is 80.3 Å². The number of hydrogen-bond acceptors (Lipinski definition) is 4. The van der Waals surface area contributed by atoms with Crippen LogP contribution in [0.4, 0.5) is 16.2 Å². The van der Waals surface area contributed by atoms with Crippen molar-refractivity contribution in [3.8, 4) is 0 Å². The number of rotatable bonds is 6. The second kappa shape index (κ2) is 13.1. The number of H-pyrrole nitrogens is 1. The highest BCUT2D eigenvalue weighted by atomic mass is 35.5. The van der Waals surface area contributed by atoms with Gasteiger partial charge in [0.25, 0.3) is 5.91 Å². The zero-order valence-corrected chi connectivity index (χ0v) is 30.2. The number of benzene rings is 4. The molecule has 3 amide bonds. The first kappa shape index (κ1) is 32.8. The number of aromatic amines is 1. The Morgan fingerprint density at radius 2 is 1.63 bits per heavy atom. The predicted molar refractivity (Wildman–Crippen MR) is 209 cm³/mol. The maximum atomic E-state index is 14.7. The Hall–Kier alpha value is -5.11. The Labute approximate surface area is 315 Å². The third kappa shape index (κ3) is 5.63. The van der Waals surface area contributed by atoms with Crippen molar-refractivity contribution in [1.82, 2.24) is 20.1 Å². The number of allylic oxidation sites excluding steroid dienone is 2. The lowest BCUT2D eigenvalue weighted by atomic mass is 9.84. The van der Waals surface area contributed by atoms with Gasteiger partial charge in [-0.3, -0.25) is 4.79 Å². The maximum Gasteiger partial charge on any atom is 0.317 e. The van der Waals surface area contributed by atoms with Crippen LogP contribution in [0.2, 0.25) is 15.1 Å². The number of nitrogens with one attached hydrogen (secondary N) is 3. The van der Waals surface area contributed by atoms with Gasteiger partial charge in [0, 0.05) is 75.5 Å². The first-order valence-corrected chi connectivity index (χ1v) is 18.5. The van der Waals surface area contributed by atoms with Crippen LogP contribution in [0.25, 0.3) is 22.2 Å². The van der Waals surface area contributed by atoms with Crippen LogP contribution < -0.4 is 15.5 Å². The molecular formula is C41H33Cl3N6O2. The van der Waals surface area contributed by atoms with Crippen LogP contribution in [-0.2, 0) is 0 Å². The van der Waals surface area contributed by atoms with Gasteiger partial charge in [-0.2, -0.15) is 0 Å². The Morgan fingerprint density at radius 3 is 2.38 bits per heavy atom. The number of hydrogen-bond donors (Lipinski definition) is 3. The molecule has 52 heavy (non-hydrogen) atoms. The van der Waals surface area contributed by atoms with Gasteiger partial charge in [0.15, 0.2) is 0 Å². The summed E-state index contributed by atoms with van der Waals surface area (Å²) >= 11 is 19.7. The van der Waals surface area contributed by atoms with Crippen LogP contribution in [0.3, 0.4) is 0 Å². The molecule has 0 aliphatic carbocycles. The molecule has 5 heterocycles. The number of carbonyl (C=O) groups excluding carboxylic acids is 2. The molecule has 0 spiro atoms. The van der Waals surface area contributed by atoms with E-state index in [9.17, 15) is 9.59 Å². The number of anilines is 2. The molecule has 4 aromatic carbocycles. The average molecular weight is 748 g/mol. The number of fused-ring (bicyclic) bond motifs is 2. The fourth-order valence-electron chi connectivity index (χ4n) is 8.19. The maximum absolute atomic E-state index is 14.7. The lowest BCUT2D eigenvalue weighted by Crippen LogP contribution is -2.46. The minimum atomic E-state index is -0.302. The van der Waals surface area contributed by atoms with Gasteiger partial charge >= 0.3 is 6.03 Å². The third-order valence-corrected chi connectivity index (χ3v) is 11.2. The van der Waals surface area contributed by atoms with Crippen LogP contribution in [0, 0.1) is 0 Å². The summed E-state index contributed by atoms with van der Waals surface area (Å²) in [5, 5.41) is 8.80. The summed E-state index contributed by atoms with van der Waals surface area (Å²) in [6, 6.07) is 27.4. The fourth-order valence-corrected chi connectivity index (χ4v) is 8.71. The molecule has 0 radical (unpaired) electrons. The molecule has 5 aromatic rings. The van der Waals surface area contributed by atoms with Gasteiger partial charge in [-0.15, -0.1) is 5.73 Å². The summed E-state index contributed by atoms with van der Waals surface area (Å²) in [4.78, 5) is 36.9. The van der Waals surface area contributed by atoms with E-state index in [4.69, 9.17) is 34.8 Å². The third-order valence-electron chi connectivity index (χ3n) is 10.5. The van der Waals surface area contributed by atoms with Gasteiger partial charge < -0.3 is 30.3 Å². The molecule has 4 aliphatic rings. The van der Waals surface area contributed by atoms with Gasteiger partial charge in [0.1, 0.15) is 5.69 Å². The zero-order valence-electron chi connectivity index (χ0n) is 27.9. The van der Waals surface area contributed by atoms with E-state index in [1.807, 2.05) is 83.9 Å². The lowest BCUT2D eigenvalue weighted by molar-refractivity contribution is 0.102. The van der Waals surface area contributed by atoms with Crippen molar-refractivity contribution in [1.29, 1.82) is 0 Å². The Kier molecular flexibility index (Phi) is 8.28. The lowest BCUT2D eigenvalue weighted by Gasteiger charge is -2.39. The Balaban J connectivity index is 1.15. The Morgan fingerprint density at radius 1 is 0.865 bits per heavy atom. The molecule has 0 bridgehead atoms. The van der Waals surface area contributed by atoms with Gasteiger partial charge in [-0.1, -0.05) is 77.3 Å². The average Bonchev–Trinajstić information content (AvgIpc) is 3.76. The number of carbonyl (C=O) groups is 2. The highest BCUT2D eigenvalue weighted by molar-refractivity contribution is 6.32. The largest absolute Gasteiger partial charge is 0.370 e. The molecule has 4 aliphatic heterocycles. The van der Waals surface area contributed by atoms with Crippen LogP contribution in [0.1, 0.15) is 51.6 Å². The summed E-state index contributed by atoms with van der Waals surface area (Å²) in [6.45, 7) is 2.90. The normalized spacial score (nSPS) is 18.3. The van der Waals surface area contributed by atoms with Crippen molar-refractivity contribution < 1.29 is 9.59 Å². The molecule has 2 saturated heterocycles. The van der Waals surface area contributed by atoms with Crippen molar-refractivity contribution in [3.63, 3.8) is 0 Å². The number of halogens is 3. The van der Waals surface area contributed by atoms with Crippen molar-refractivity contribution in [2.24, 2.45) is 0 Å². The fraction of sp³-hybridized carbons (Fsp3) is 0.195. The smallest absolute Gasteiger partial charge is 0.317 e. The van der Waals surface area contributed by atoms with E-state index >= 15 is 0 Å². The minimum Gasteiger partial charge on any atom is -0.370 e. The summed E-state index contributed by atoms with van der Waals surface area (Å²) in [5.74, 6) is -0.302. The molecule has 8 nitrogen and oxygen atoms in total. The highest BCUT2D eigenvalue weighted by Crippen LogP contribution is 2.51. The number of amides is 3. The van der Waals surface area contributed by atoms with Crippen molar-refractivity contribution in [2.45, 2.75) is 24.9 Å². The van der Waals surface area contributed by atoms with E-state index < -0.39 is 0 Å². The quantitative estimate of drug-likeness (QED) is 0.151. The molecular weight excluding hydrogens is 715 g/mol. The second-order valence-corrected chi connectivity index (χ2v) is 14.8. The number of piperidine rings is 1. The van der Waals surface area contributed by atoms with Crippen molar-refractivity contribution in [3.05, 3.63) is 146 Å². The van der Waals surface area contributed by atoms with Crippen molar-refractivity contribution in [2.75, 3.05) is 36.4 Å². The van der Waals surface area contributed by atoms with Gasteiger partial charge in [-0.25, -0.2) is 4.79 Å². The standard InChI is InChI=1S/C41H33Cl3N6O2/c42-26-10-8-25(9-11-26)38-31-21-28(44)23-33-35(31)36(39-30(7-4-17-50(38)39)24-5-2-1-3-6-24)37(46-33)40(51)47-32-22-27(43)12-13-34(32)48-18-14-29(15-19-48)49-20-16-45-41(49)52/h1-3,5-13,17,21-23,29,38,46H,14-16,18-20H2,(H,45,52)(H,47,51). The zero-order chi connectivity index (χ0) is 35.5. The van der Waals surface area contributed by atoms with E-state index in [0.29, 0.717) is 33.0 Å². The molecule has 9 rings (SSSR count). The van der Waals surface area contributed by atoms with Gasteiger partial charge in [0.2, 0.25) is 0 Å². The molecule has 1 unspecified atom stereocenters. The topological polar surface area (TPSA) is 83.7 Å². The van der Waals surface area contributed by atoms with E-state index in [0.717, 1.165) is 82.6 Å². The van der Waals surface area contributed by atoms with Crippen LogP contribution >= 0.6 is 34.8 Å². The molecule has 2 fully saturated rings. The SMILES string of the molecule is O=C(Nc1cc(Cl)ccc1N1CCC(N2CCNC2=O)CC1)c1[nH]c2cc(Cl)cc3c2c1C1=C(c2ccccc2)C=C=CN1C3c1ccc(Cl)cc1. The minimum absolute atomic E-state index is 0.0113. The first-order valence-electron chi connectivity index (χ1n) is 17.4. The van der Waals surface area contributed by atoms with E-state index in [1.165, 1.54) is 0 Å². The van der Waals surface area contributed by atoms with E-state index in [2.05, 4.69) is 43.3 Å². The second-order valence-electron chi connectivity index (χ2n) is 13.5. The molecule has 3 N–H and O–H groups in total. The number of nitrogens with zero attached hydrogens (tertiary/aromatic N) is 3. The molecule has 11 heteroatoms. The van der Waals surface area contributed by atoms with Crippen LogP contribution in [0.5, 0.6) is 0 Å². The molecule has 1 atom stereocenters. The monoisotopic (exact) mass is 746 g/mol. The number of urea groups is 1. The molecule has 1 aromatic heterocycles. The molecule has 0 saturated carbocycles. The summed E-state index contributed by atoms with van der Waals surface area (Å²) in [6.07, 6.45) is 5.59. The van der Waals surface area contributed by atoms with E-state index in [-0.39, 0.29) is 24.0 Å². The Bertz CT molecular complexity index is 2360. The van der Waals surface area contributed by atoms with E-state index in [1.54, 1.807) is 6.07 Å². The van der Waals surface area contributed by atoms with Crippen LogP contribution in [-0.4, -0.2) is 58.9 Å². The summed E-state index contributed by atoms with van der Waals surface area (Å²) in [7, 11) is 0. The molecule has 260 valence electrons. The van der Waals surface area contributed by atoms with Gasteiger partial charge in [-0.05, 0) is 78.1 Å². The highest BCUT2D eigenvalue weighted by Gasteiger charge is 2.39. The summed E-state index contributed by atoms with van der Waals surface area (Å²) < 4.78 is 0.